The third-order valence-electron chi connectivity index (χ3n) is 2.98. The lowest BCUT2D eigenvalue weighted by Crippen LogP contribution is -2.33. The topological polar surface area (TPSA) is 74.7 Å². The number of thioether (sulfide) groups is 1. The highest BCUT2D eigenvalue weighted by Crippen LogP contribution is 2.23. The Morgan fingerprint density at radius 2 is 2.05 bits per heavy atom. The molecule has 1 heterocycles. The minimum Gasteiger partial charge on any atom is -0.478 e. The van der Waals surface area contributed by atoms with Gasteiger partial charge in [0.05, 0.1) is 5.56 Å². The lowest BCUT2D eigenvalue weighted by Gasteiger charge is -2.20. The molecule has 20 heavy (non-hydrogen) atoms. The number of halogens is 1. The van der Waals surface area contributed by atoms with Crippen LogP contribution in [0.4, 0.5) is 4.39 Å². The first-order valence-electron chi connectivity index (χ1n) is 6.03. The van der Waals surface area contributed by atoms with Crippen molar-refractivity contribution in [2.24, 2.45) is 0 Å². The van der Waals surface area contributed by atoms with Crippen LogP contribution in [-0.4, -0.2) is 48.4 Å². The molecule has 1 aliphatic heterocycles. The second-order valence-corrected chi connectivity index (χ2v) is 7.45. The highest BCUT2D eigenvalue weighted by Gasteiger charge is 2.28. The number of carboxylic acids is 1. The lowest BCUT2D eigenvalue weighted by atomic mass is 10.2. The summed E-state index contributed by atoms with van der Waals surface area (Å²) in [7, 11) is -3.91. The average molecular weight is 319 g/mol. The van der Waals surface area contributed by atoms with Crippen LogP contribution in [0.3, 0.4) is 0 Å². The molecule has 0 amide bonds. The molecule has 0 saturated carbocycles. The molecule has 0 atom stereocenters. The largest absolute Gasteiger partial charge is 0.478 e. The summed E-state index contributed by atoms with van der Waals surface area (Å²) in [6.45, 7) is 0.697. The first-order chi connectivity index (χ1) is 9.43. The van der Waals surface area contributed by atoms with Gasteiger partial charge >= 0.3 is 5.97 Å². The average Bonchev–Trinajstić information content (AvgIpc) is 2.67. The molecule has 0 aromatic heterocycles. The summed E-state index contributed by atoms with van der Waals surface area (Å²) in [6, 6.07) is 2.86. The Labute approximate surface area is 120 Å². The van der Waals surface area contributed by atoms with Crippen molar-refractivity contribution in [1.29, 1.82) is 0 Å². The van der Waals surface area contributed by atoms with E-state index in [4.69, 9.17) is 5.11 Å². The van der Waals surface area contributed by atoms with Gasteiger partial charge in [0.2, 0.25) is 10.0 Å². The lowest BCUT2D eigenvalue weighted by molar-refractivity contribution is 0.0696. The van der Waals surface area contributed by atoms with Gasteiger partial charge in [0.1, 0.15) is 10.7 Å². The summed E-state index contributed by atoms with van der Waals surface area (Å²) in [6.07, 6.45) is 0.721. The molecule has 0 bridgehead atoms. The van der Waals surface area contributed by atoms with Crippen LogP contribution in [0.25, 0.3) is 0 Å². The fraction of sp³-hybridized carbons (Fsp3) is 0.417. The van der Waals surface area contributed by atoms with Crippen molar-refractivity contribution >= 4 is 27.8 Å². The van der Waals surface area contributed by atoms with E-state index in [1.807, 2.05) is 0 Å². The van der Waals surface area contributed by atoms with E-state index in [0.717, 1.165) is 30.4 Å². The highest BCUT2D eigenvalue weighted by atomic mass is 32.2. The molecular weight excluding hydrogens is 305 g/mol. The van der Waals surface area contributed by atoms with Gasteiger partial charge < -0.3 is 5.11 Å². The molecule has 1 N–H and O–H groups in total. The maximum Gasteiger partial charge on any atom is 0.335 e. The summed E-state index contributed by atoms with van der Waals surface area (Å²) in [5.74, 6) is -0.763. The van der Waals surface area contributed by atoms with E-state index in [-0.39, 0.29) is 5.56 Å². The van der Waals surface area contributed by atoms with Crippen LogP contribution < -0.4 is 0 Å². The highest BCUT2D eigenvalue weighted by molar-refractivity contribution is 7.99. The number of hydrogen-bond acceptors (Lipinski definition) is 4. The van der Waals surface area contributed by atoms with E-state index in [9.17, 15) is 17.6 Å². The second kappa shape index (κ2) is 6.11. The van der Waals surface area contributed by atoms with Crippen LogP contribution in [0.1, 0.15) is 16.8 Å². The zero-order valence-corrected chi connectivity index (χ0v) is 12.2. The van der Waals surface area contributed by atoms with Crippen LogP contribution in [-0.2, 0) is 10.0 Å². The molecule has 5 nitrogen and oxygen atoms in total. The summed E-state index contributed by atoms with van der Waals surface area (Å²) >= 11 is 1.66. The predicted octanol–water partition coefficient (Wildman–Crippen LogP) is 1.65. The quantitative estimate of drug-likeness (QED) is 0.917. The molecule has 0 unspecified atom stereocenters. The van der Waals surface area contributed by atoms with Gasteiger partial charge in [-0.15, -0.1) is 0 Å². The summed E-state index contributed by atoms with van der Waals surface area (Å²) in [5.41, 5.74) is -0.270. The standard InChI is InChI=1S/C12H14FNO4S2/c13-10-8-9(12(15)16)2-3-11(10)20(17,18)14-4-1-6-19-7-5-14/h2-3,8H,1,4-7H2,(H,15,16). The summed E-state index contributed by atoms with van der Waals surface area (Å²) in [4.78, 5) is 10.3. The molecule has 1 saturated heterocycles. The van der Waals surface area contributed by atoms with Gasteiger partial charge in [-0.3, -0.25) is 0 Å². The number of carbonyl (C=O) groups is 1. The minimum atomic E-state index is -3.91. The van der Waals surface area contributed by atoms with E-state index in [1.165, 1.54) is 4.31 Å². The maximum atomic E-state index is 13.9. The van der Waals surface area contributed by atoms with E-state index in [1.54, 1.807) is 11.8 Å². The fourth-order valence-electron chi connectivity index (χ4n) is 1.95. The van der Waals surface area contributed by atoms with Gasteiger partial charge in [-0.05, 0) is 30.4 Å². The summed E-state index contributed by atoms with van der Waals surface area (Å²) < 4.78 is 39.9. The Morgan fingerprint density at radius 1 is 1.30 bits per heavy atom. The van der Waals surface area contributed by atoms with Crippen molar-refractivity contribution in [1.82, 2.24) is 4.31 Å². The van der Waals surface area contributed by atoms with Crippen molar-refractivity contribution in [3.05, 3.63) is 29.6 Å². The first kappa shape index (κ1) is 15.3. The van der Waals surface area contributed by atoms with Crippen molar-refractivity contribution in [2.45, 2.75) is 11.3 Å². The van der Waals surface area contributed by atoms with E-state index >= 15 is 0 Å². The number of nitrogens with zero attached hydrogens (tertiary/aromatic N) is 1. The number of benzene rings is 1. The molecule has 0 aliphatic carbocycles. The molecule has 8 heteroatoms. The van der Waals surface area contributed by atoms with Crippen LogP contribution in [0.2, 0.25) is 0 Å². The third-order valence-corrected chi connectivity index (χ3v) is 5.96. The van der Waals surface area contributed by atoms with Crippen molar-refractivity contribution in [3.63, 3.8) is 0 Å². The Balaban J connectivity index is 2.36. The SMILES string of the molecule is O=C(O)c1ccc(S(=O)(=O)N2CCCSCC2)c(F)c1. The van der Waals surface area contributed by atoms with Crippen molar-refractivity contribution < 1.29 is 22.7 Å². The zero-order valence-electron chi connectivity index (χ0n) is 10.6. The zero-order chi connectivity index (χ0) is 14.8. The monoisotopic (exact) mass is 319 g/mol. The van der Waals surface area contributed by atoms with Gasteiger partial charge in [0, 0.05) is 18.8 Å². The van der Waals surface area contributed by atoms with Gasteiger partial charge in [-0.2, -0.15) is 16.1 Å². The van der Waals surface area contributed by atoms with Gasteiger partial charge in [-0.25, -0.2) is 17.6 Å². The molecule has 110 valence electrons. The molecule has 1 fully saturated rings. The molecule has 1 aromatic rings. The third kappa shape index (κ3) is 3.13. The van der Waals surface area contributed by atoms with Crippen molar-refractivity contribution in [2.75, 3.05) is 24.6 Å². The van der Waals surface area contributed by atoms with Gasteiger partial charge in [0.25, 0.3) is 0 Å². The maximum absolute atomic E-state index is 13.9. The van der Waals surface area contributed by atoms with Crippen LogP contribution in [0, 0.1) is 5.82 Å². The molecule has 1 aromatic carbocycles. The Kier molecular flexibility index (Phi) is 4.66. The molecule has 0 spiro atoms. The summed E-state index contributed by atoms with van der Waals surface area (Å²) in [5, 5.41) is 8.76. The number of aromatic carboxylic acids is 1. The fourth-order valence-corrected chi connectivity index (χ4v) is 4.47. The van der Waals surface area contributed by atoms with Crippen molar-refractivity contribution in [3.8, 4) is 0 Å². The molecule has 0 radical (unpaired) electrons. The molecular formula is C12H14FNO4S2. The van der Waals surface area contributed by atoms with Crippen LogP contribution in [0.15, 0.2) is 23.1 Å². The Bertz CT molecular complexity index is 610. The van der Waals surface area contributed by atoms with E-state index < -0.39 is 26.7 Å². The number of carboxylic acid groups (broad SMARTS) is 1. The minimum absolute atomic E-state index is 0.270. The number of hydrogen-bond donors (Lipinski definition) is 1. The predicted molar refractivity (Wildman–Crippen MR) is 74.1 cm³/mol. The number of sulfonamides is 1. The van der Waals surface area contributed by atoms with Gasteiger partial charge in [-0.1, -0.05) is 0 Å². The molecule has 1 aliphatic rings. The van der Waals surface area contributed by atoms with Crippen LogP contribution in [0.5, 0.6) is 0 Å². The number of rotatable bonds is 3. The van der Waals surface area contributed by atoms with E-state index in [0.29, 0.717) is 18.8 Å². The normalized spacial score (nSPS) is 17.6. The second-order valence-electron chi connectivity index (χ2n) is 4.32. The van der Waals surface area contributed by atoms with Gasteiger partial charge in [0.15, 0.2) is 0 Å². The Morgan fingerprint density at radius 3 is 2.70 bits per heavy atom. The smallest absolute Gasteiger partial charge is 0.335 e. The molecule has 2 rings (SSSR count). The first-order valence-corrected chi connectivity index (χ1v) is 8.63. The Hall–Kier alpha value is -1.12. The van der Waals surface area contributed by atoms with E-state index in [2.05, 4.69) is 0 Å². The van der Waals surface area contributed by atoms with Crippen LogP contribution >= 0.6 is 11.8 Å².